The van der Waals surface area contributed by atoms with Crippen LogP contribution in [0.2, 0.25) is 5.02 Å². The van der Waals surface area contributed by atoms with Gasteiger partial charge in [0.05, 0.1) is 22.3 Å². The molecule has 1 aliphatic heterocycles. The van der Waals surface area contributed by atoms with Crippen LogP contribution in [-0.4, -0.2) is 28.1 Å². The molecule has 1 fully saturated rings. The molecule has 1 aromatic heterocycles. The van der Waals surface area contributed by atoms with Gasteiger partial charge in [-0.15, -0.1) is 0 Å². The lowest BCUT2D eigenvalue weighted by Crippen LogP contribution is -2.36. The minimum Gasteiger partial charge on any atom is -0.444 e. The number of ether oxygens (including phenoxy) is 1. The topological polar surface area (TPSA) is 42.4 Å². The van der Waals surface area contributed by atoms with Crippen LogP contribution in [0.15, 0.2) is 30.3 Å². The van der Waals surface area contributed by atoms with E-state index in [4.69, 9.17) is 21.3 Å². The average Bonchev–Trinajstić information content (AvgIpc) is 2.95. The fourth-order valence-electron chi connectivity index (χ4n) is 2.94. The van der Waals surface area contributed by atoms with Crippen molar-refractivity contribution in [2.75, 3.05) is 6.54 Å². The molecular weight excluding hydrogens is 312 g/mol. The first-order valence-corrected chi connectivity index (χ1v) is 8.28. The van der Waals surface area contributed by atoms with Crippen molar-refractivity contribution in [3.8, 4) is 0 Å². The Morgan fingerprint density at radius 2 is 2.09 bits per heavy atom. The van der Waals surface area contributed by atoms with Crippen molar-refractivity contribution in [3.63, 3.8) is 0 Å². The quantitative estimate of drug-likeness (QED) is 0.741. The second-order valence-electron chi connectivity index (χ2n) is 6.88. The lowest BCUT2D eigenvalue weighted by atomic mass is 10.1. The highest BCUT2D eigenvalue weighted by molar-refractivity contribution is 6.35. The summed E-state index contributed by atoms with van der Waals surface area (Å²) >= 11 is 6.40. The standard InChI is InChI=1S/C18H21ClN2O2/c1-18(2,3)23-17(22)21-10-6-9-16(21)15-11-13(19)12-7-4-5-8-14(12)20-15/h4-5,7-8,11,16H,6,9-10H2,1-3H3. The molecule has 0 saturated carbocycles. The van der Waals surface area contributed by atoms with Crippen molar-refractivity contribution in [3.05, 3.63) is 41.0 Å². The summed E-state index contributed by atoms with van der Waals surface area (Å²) in [6, 6.07) is 9.57. The normalized spacial score (nSPS) is 18.4. The lowest BCUT2D eigenvalue weighted by molar-refractivity contribution is 0.0221. The molecule has 1 saturated heterocycles. The summed E-state index contributed by atoms with van der Waals surface area (Å²) in [6.45, 7) is 6.31. The molecule has 122 valence electrons. The van der Waals surface area contributed by atoms with E-state index in [1.165, 1.54) is 0 Å². The first-order valence-electron chi connectivity index (χ1n) is 7.90. The van der Waals surface area contributed by atoms with Gasteiger partial charge in [0.25, 0.3) is 0 Å². The van der Waals surface area contributed by atoms with E-state index in [0.717, 1.165) is 29.4 Å². The van der Waals surface area contributed by atoms with E-state index in [-0.39, 0.29) is 12.1 Å². The summed E-state index contributed by atoms with van der Waals surface area (Å²) in [5.41, 5.74) is 1.18. The van der Waals surface area contributed by atoms with Gasteiger partial charge in [0.2, 0.25) is 0 Å². The fourth-order valence-corrected chi connectivity index (χ4v) is 3.21. The number of nitrogens with zero attached hydrogens (tertiary/aromatic N) is 2. The first-order chi connectivity index (χ1) is 10.8. The number of amides is 1. The third kappa shape index (κ3) is 3.42. The van der Waals surface area contributed by atoms with E-state index in [1.54, 1.807) is 4.90 Å². The number of carbonyl (C=O) groups excluding carboxylic acids is 1. The van der Waals surface area contributed by atoms with Crippen LogP contribution in [0.5, 0.6) is 0 Å². The SMILES string of the molecule is CC(C)(C)OC(=O)N1CCCC1c1cc(Cl)c2ccccc2n1. The smallest absolute Gasteiger partial charge is 0.410 e. The third-order valence-electron chi connectivity index (χ3n) is 3.91. The number of likely N-dealkylation sites (tertiary alicyclic amines) is 1. The number of hydrogen-bond donors (Lipinski definition) is 0. The van der Waals surface area contributed by atoms with Crippen LogP contribution in [0.1, 0.15) is 45.3 Å². The number of rotatable bonds is 1. The molecule has 0 aliphatic carbocycles. The van der Waals surface area contributed by atoms with Crippen molar-refractivity contribution in [2.24, 2.45) is 0 Å². The van der Waals surface area contributed by atoms with E-state index in [1.807, 2.05) is 51.1 Å². The molecule has 1 amide bonds. The highest BCUT2D eigenvalue weighted by Crippen LogP contribution is 2.35. The number of aromatic nitrogens is 1. The van der Waals surface area contributed by atoms with E-state index >= 15 is 0 Å². The number of hydrogen-bond acceptors (Lipinski definition) is 3. The number of carbonyl (C=O) groups is 1. The second-order valence-corrected chi connectivity index (χ2v) is 7.29. The molecule has 2 heterocycles. The number of pyridine rings is 1. The Morgan fingerprint density at radius 1 is 1.35 bits per heavy atom. The molecule has 1 aromatic carbocycles. The van der Waals surface area contributed by atoms with Crippen molar-refractivity contribution in [1.82, 2.24) is 9.88 Å². The fraction of sp³-hybridized carbons (Fsp3) is 0.444. The maximum absolute atomic E-state index is 12.4. The zero-order chi connectivity index (χ0) is 16.6. The largest absolute Gasteiger partial charge is 0.444 e. The van der Waals surface area contributed by atoms with Crippen LogP contribution in [0.3, 0.4) is 0 Å². The number of benzene rings is 1. The predicted octanol–water partition coefficient (Wildman–Crippen LogP) is 4.96. The Morgan fingerprint density at radius 3 is 2.83 bits per heavy atom. The van der Waals surface area contributed by atoms with Gasteiger partial charge in [-0.3, -0.25) is 9.88 Å². The van der Waals surface area contributed by atoms with E-state index in [0.29, 0.717) is 11.6 Å². The summed E-state index contributed by atoms with van der Waals surface area (Å²) in [5, 5.41) is 1.60. The maximum atomic E-state index is 12.4. The van der Waals surface area contributed by atoms with Gasteiger partial charge in [-0.25, -0.2) is 4.79 Å². The Kier molecular flexibility index (Phi) is 4.19. The minimum absolute atomic E-state index is 0.0769. The van der Waals surface area contributed by atoms with Gasteiger partial charge in [-0.2, -0.15) is 0 Å². The highest BCUT2D eigenvalue weighted by atomic mass is 35.5. The van der Waals surface area contributed by atoms with E-state index < -0.39 is 5.60 Å². The molecule has 0 spiro atoms. The summed E-state index contributed by atoms with van der Waals surface area (Å²) in [5.74, 6) is 0. The van der Waals surface area contributed by atoms with Gasteiger partial charge in [0.15, 0.2) is 0 Å². The van der Waals surface area contributed by atoms with Gasteiger partial charge in [-0.1, -0.05) is 29.8 Å². The van der Waals surface area contributed by atoms with Gasteiger partial charge in [0, 0.05) is 11.9 Å². The summed E-state index contributed by atoms with van der Waals surface area (Å²) in [4.78, 5) is 18.9. The Bertz CT molecular complexity index is 739. The van der Waals surface area contributed by atoms with Crippen LogP contribution >= 0.6 is 11.6 Å². The van der Waals surface area contributed by atoms with Crippen molar-refractivity contribution < 1.29 is 9.53 Å². The molecule has 1 unspecified atom stereocenters. The molecule has 1 aliphatic rings. The second kappa shape index (κ2) is 6.00. The van der Waals surface area contributed by atoms with Crippen molar-refractivity contribution in [1.29, 1.82) is 0 Å². The molecule has 0 N–H and O–H groups in total. The van der Waals surface area contributed by atoms with Crippen LogP contribution in [-0.2, 0) is 4.74 Å². The lowest BCUT2D eigenvalue weighted by Gasteiger charge is -2.28. The maximum Gasteiger partial charge on any atom is 0.410 e. The Hall–Kier alpha value is -1.81. The zero-order valence-electron chi connectivity index (χ0n) is 13.7. The zero-order valence-corrected chi connectivity index (χ0v) is 14.4. The number of fused-ring (bicyclic) bond motifs is 1. The molecule has 4 nitrogen and oxygen atoms in total. The molecular formula is C18H21ClN2O2. The van der Waals surface area contributed by atoms with Gasteiger partial charge in [-0.05, 0) is 45.7 Å². The van der Waals surface area contributed by atoms with Crippen LogP contribution in [0, 0.1) is 0 Å². The monoisotopic (exact) mass is 332 g/mol. The summed E-state index contributed by atoms with van der Waals surface area (Å²) < 4.78 is 5.52. The highest BCUT2D eigenvalue weighted by Gasteiger charge is 2.34. The Balaban J connectivity index is 1.92. The van der Waals surface area contributed by atoms with E-state index in [2.05, 4.69) is 0 Å². The van der Waals surface area contributed by atoms with Crippen molar-refractivity contribution >= 4 is 28.6 Å². The van der Waals surface area contributed by atoms with Crippen LogP contribution in [0.25, 0.3) is 10.9 Å². The predicted molar refractivity (Wildman–Crippen MR) is 91.7 cm³/mol. The van der Waals surface area contributed by atoms with Gasteiger partial charge >= 0.3 is 6.09 Å². The molecule has 5 heteroatoms. The van der Waals surface area contributed by atoms with Gasteiger partial charge in [0.1, 0.15) is 5.60 Å². The van der Waals surface area contributed by atoms with Crippen molar-refractivity contribution in [2.45, 2.75) is 45.3 Å². The minimum atomic E-state index is -0.501. The molecule has 3 rings (SSSR count). The Labute approximate surface area is 141 Å². The molecule has 23 heavy (non-hydrogen) atoms. The van der Waals surface area contributed by atoms with Crippen LogP contribution < -0.4 is 0 Å². The average molecular weight is 333 g/mol. The summed E-state index contributed by atoms with van der Waals surface area (Å²) in [6.07, 6.45) is 1.53. The number of halogens is 1. The first kappa shape index (κ1) is 16.1. The summed E-state index contributed by atoms with van der Waals surface area (Å²) in [7, 11) is 0. The van der Waals surface area contributed by atoms with Crippen LogP contribution in [0.4, 0.5) is 4.79 Å². The third-order valence-corrected chi connectivity index (χ3v) is 4.22. The van der Waals surface area contributed by atoms with Gasteiger partial charge < -0.3 is 4.74 Å². The van der Waals surface area contributed by atoms with E-state index in [9.17, 15) is 4.79 Å². The molecule has 0 radical (unpaired) electrons. The molecule has 0 bridgehead atoms. The number of para-hydroxylation sites is 1. The molecule has 1 atom stereocenters. The molecule has 2 aromatic rings.